The zero-order valence-corrected chi connectivity index (χ0v) is 10.5. The normalized spacial score (nSPS) is 32.5. The van der Waals surface area contributed by atoms with Crippen LogP contribution in [0.1, 0.15) is 33.6 Å². The predicted molar refractivity (Wildman–Crippen MR) is 62.0 cm³/mol. The molecule has 1 heterocycles. The van der Waals surface area contributed by atoms with E-state index < -0.39 is 15.8 Å². The van der Waals surface area contributed by atoms with E-state index in [1.54, 1.807) is 0 Å². The zero-order valence-electron chi connectivity index (χ0n) is 9.66. The van der Waals surface area contributed by atoms with Crippen molar-refractivity contribution in [2.45, 2.75) is 39.7 Å². The van der Waals surface area contributed by atoms with Crippen LogP contribution in [0.4, 0.5) is 0 Å². The second kappa shape index (κ2) is 4.22. The first-order valence-corrected chi connectivity index (χ1v) is 7.09. The molecule has 88 valence electrons. The van der Waals surface area contributed by atoms with Gasteiger partial charge < -0.3 is 5.73 Å². The maximum atomic E-state index is 12.2. The molecule has 2 N–H and O–H groups in total. The van der Waals surface area contributed by atoms with Gasteiger partial charge in [0.2, 0.25) is 0 Å². The summed E-state index contributed by atoms with van der Waals surface area (Å²) >= 11 is 0. The molecule has 2 atom stereocenters. The van der Waals surface area contributed by atoms with Crippen molar-refractivity contribution in [2.24, 2.45) is 15.5 Å². The molecule has 0 fully saturated rings. The molecule has 0 aliphatic carbocycles. The topological polar surface area (TPSA) is 72.5 Å². The van der Waals surface area contributed by atoms with Gasteiger partial charge in [-0.2, -0.15) is 4.36 Å². The molecule has 0 radical (unpaired) electrons. The molecule has 0 spiro atoms. The van der Waals surface area contributed by atoms with Gasteiger partial charge in [-0.1, -0.05) is 20.8 Å². The molecule has 15 heavy (non-hydrogen) atoms. The van der Waals surface area contributed by atoms with Gasteiger partial charge in [-0.05, 0) is 18.3 Å². The summed E-state index contributed by atoms with van der Waals surface area (Å²) in [6.07, 6.45) is 1.32. The van der Waals surface area contributed by atoms with Crippen molar-refractivity contribution < 1.29 is 9.00 Å². The molecule has 1 rings (SSSR count). The minimum atomic E-state index is -2.31. The van der Waals surface area contributed by atoms with Crippen LogP contribution in [0.25, 0.3) is 0 Å². The van der Waals surface area contributed by atoms with Crippen molar-refractivity contribution in [2.75, 3.05) is 11.5 Å². The summed E-state index contributed by atoms with van der Waals surface area (Å²) in [4.78, 5) is 11.3. The van der Waals surface area contributed by atoms with Crippen molar-refractivity contribution in [3.8, 4) is 0 Å². The number of carbonyl (C=O) groups excluding carboxylic acids is 1. The molecule has 1 unspecified atom stereocenters. The van der Waals surface area contributed by atoms with E-state index in [0.29, 0.717) is 17.9 Å². The van der Waals surface area contributed by atoms with Crippen LogP contribution >= 0.6 is 0 Å². The van der Waals surface area contributed by atoms with Gasteiger partial charge in [-0.25, -0.2) is 4.21 Å². The van der Waals surface area contributed by atoms with Gasteiger partial charge in [0.25, 0.3) is 5.91 Å². The summed E-state index contributed by atoms with van der Waals surface area (Å²) in [5.41, 5.74) is 5.64. The summed E-state index contributed by atoms with van der Waals surface area (Å²) in [6.45, 7) is 6.27. The second-order valence-corrected chi connectivity index (χ2v) is 7.86. The average Bonchev–Trinajstić information content (AvgIpc) is 2.08. The quantitative estimate of drug-likeness (QED) is 0.776. The standard InChI is InChI=1S/C10H20N2O2S/c1-10(2,3)5-7-15(14)6-4-8(11)9(13)12-15/h8H,4-7,11H2,1-3H3/t8-,15?/m0/s1. The lowest BCUT2D eigenvalue weighted by atomic mass is 9.94. The number of hydrogen-bond acceptors (Lipinski definition) is 3. The molecular weight excluding hydrogens is 212 g/mol. The molecule has 5 heteroatoms. The number of rotatable bonds is 2. The van der Waals surface area contributed by atoms with E-state index in [1.165, 1.54) is 0 Å². The Bertz CT molecular complexity index is 362. The van der Waals surface area contributed by atoms with Gasteiger partial charge in [-0.15, -0.1) is 0 Å². The lowest BCUT2D eigenvalue weighted by molar-refractivity contribution is -0.119. The number of carbonyl (C=O) groups is 1. The molecule has 0 saturated carbocycles. The maximum Gasteiger partial charge on any atom is 0.270 e. The first-order valence-electron chi connectivity index (χ1n) is 5.24. The van der Waals surface area contributed by atoms with Crippen molar-refractivity contribution >= 4 is 15.6 Å². The summed E-state index contributed by atoms with van der Waals surface area (Å²) in [5, 5.41) is 0. The summed E-state index contributed by atoms with van der Waals surface area (Å²) < 4.78 is 15.9. The fourth-order valence-corrected chi connectivity index (χ4v) is 3.73. The molecule has 0 aromatic rings. The Morgan fingerprint density at radius 3 is 2.60 bits per heavy atom. The van der Waals surface area contributed by atoms with E-state index in [2.05, 4.69) is 25.1 Å². The monoisotopic (exact) mass is 232 g/mol. The highest BCUT2D eigenvalue weighted by Gasteiger charge is 2.25. The highest BCUT2D eigenvalue weighted by Crippen LogP contribution is 2.21. The minimum Gasteiger partial charge on any atom is -0.320 e. The van der Waals surface area contributed by atoms with E-state index in [-0.39, 0.29) is 11.3 Å². The fourth-order valence-electron chi connectivity index (χ4n) is 1.33. The summed E-state index contributed by atoms with van der Waals surface area (Å²) in [6, 6.07) is -0.533. The van der Waals surface area contributed by atoms with Gasteiger partial charge in [0.1, 0.15) is 0 Å². The minimum absolute atomic E-state index is 0.128. The molecule has 0 aromatic heterocycles. The maximum absolute atomic E-state index is 12.2. The van der Waals surface area contributed by atoms with E-state index in [0.717, 1.165) is 6.42 Å². The van der Waals surface area contributed by atoms with Crippen LogP contribution < -0.4 is 5.73 Å². The van der Waals surface area contributed by atoms with Crippen LogP contribution in [-0.2, 0) is 14.5 Å². The van der Waals surface area contributed by atoms with Crippen LogP contribution in [0.5, 0.6) is 0 Å². The smallest absolute Gasteiger partial charge is 0.270 e. The summed E-state index contributed by atoms with van der Waals surface area (Å²) in [5.74, 6) is 0.588. The SMILES string of the molecule is CC(C)(C)CCS1(=O)=NC(=O)[C@@H](N)CC1. The number of nitrogens with zero attached hydrogens (tertiary/aromatic N) is 1. The van der Waals surface area contributed by atoms with E-state index >= 15 is 0 Å². The lowest BCUT2D eigenvalue weighted by Crippen LogP contribution is -2.37. The Balaban J connectivity index is 2.73. The first-order chi connectivity index (χ1) is 6.72. The zero-order chi connectivity index (χ0) is 11.7. The molecule has 0 bridgehead atoms. The van der Waals surface area contributed by atoms with Crippen LogP contribution in [0.2, 0.25) is 0 Å². The van der Waals surface area contributed by atoms with Crippen LogP contribution in [0.3, 0.4) is 0 Å². The van der Waals surface area contributed by atoms with Crippen molar-refractivity contribution in [3.05, 3.63) is 0 Å². The van der Waals surface area contributed by atoms with Gasteiger partial charge in [0, 0.05) is 11.5 Å². The van der Waals surface area contributed by atoms with Crippen molar-refractivity contribution in [1.29, 1.82) is 0 Å². The molecule has 1 aliphatic heterocycles. The Morgan fingerprint density at radius 2 is 2.13 bits per heavy atom. The molecule has 1 amide bonds. The van der Waals surface area contributed by atoms with Gasteiger partial charge in [-0.3, -0.25) is 4.79 Å². The first kappa shape index (κ1) is 12.6. The predicted octanol–water partition coefficient (Wildman–Crippen LogP) is 1.15. The second-order valence-electron chi connectivity index (χ2n) is 5.32. The molecule has 0 saturated heterocycles. The van der Waals surface area contributed by atoms with Crippen molar-refractivity contribution in [1.82, 2.24) is 0 Å². The van der Waals surface area contributed by atoms with Crippen LogP contribution in [0.15, 0.2) is 4.36 Å². The van der Waals surface area contributed by atoms with E-state index in [4.69, 9.17) is 5.73 Å². The molecular formula is C10H20N2O2S. The number of nitrogens with two attached hydrogens (primary N) is 1. The fraction of sp³-hybridized carbons (Fsp3) is 0.900. The van der Waals surface area contributed by atoms with E-state index in [1.807, 2.05) is 0 Å². The Hall–Kier alpha value is -0.420. The Morgan fingerprint density at radius 1 is 1.53 bits per heavy atom. The van der Waals surface area contributed by atoms with Gasteiger partial charge in [0.05, 0.1) is 15.8 Å². The van der Waals surface area contributed by atoms with Crippen LogP contribution in [-0.4, -0.2) is 27.7 Å². The third-order valence-electron chi connectivity index (χ3n) is 2.49. The van der Waals surface area contributed by atoms with Gasteiger partial charge in [0.15, 0.2) is 0 Å². The number of hydrogen-bond donors (Lipinski definition) is 1. The average molecular weight is 232 g/mol. The third kappa shape index (κ3) is 3.91. The lowest BCUT2D eigenvalue weighted by Gasteiger charge is -2.22. The Kier molecular flexibility index (Phi) is 3.55. The van der Waals surface area contributed by atoms with Crippen molar-refractivity contribution in [3.63, 3.8) is 0 Å². The Labute approximate surface area is 91.8 Å². The highest BCUT2D eigenvalue weighted by molar-refractivity contribution is 7.93. The largest absolute Gasteiger partial charge is 0.320 e. The highest BCUT2D eigenvalue weighted by atomic mass is 32.2. The van der Waals surface area contributed by atoms with Gasteiger partial charge >= 0.3 is 0 Å². The molecule has 4 nitrogen and oxygen atoms in total. The third-order valence-corrected chi connectivity index (χ3v) is 4.72. The summed E-state index contributed by atoms with van der Waals surface area (Å²) in [7, 11) is -2.31. The molecule has 1 aliphatic rings. The number of amides is 1. The van der Waals surface area contributed by atoms with E-state index in [9.17, 15) is 9.00 Å². The molecule has 0 aromatic carbocycles. The van der Waals surface area contributed by atoms with Crippen LogP contribution in [0, 0.1) is 5.41 Å².